The van der Waals surface area contributed by atoms with Gasteiger partial charge in [0.25, 0.3) is 0 Å². The molecule has 1 aromatic carbocycles. The Balaban J connectivity index is 2.20. The molecule has 3 nitrogen and oxygen atoms in total. The van der Waals surface area contributed by atoms with Crippen LogP contribution in [-0.4, -0.2) is 14.6 Å². The van der Waals surface area contributed by atoms with Gasteiger partial charge in [0.2, 0.25) is 0 Å². The SMILES string of the molecule is Fc1ccc(-c2nc3ccccn3n2)c(F)c1. The molecule has 84 valence electrons. The molecule has 3 rings (SSSR count). The average Bonchev–Trinajstić information content (AvgIpc) is 2.72. The number of nitrogens with zero attached hydrogens (tertiary/aromatic N) is 3. The number of hydrogen-bond donors (Lipinski definition) is 0. The third kappa shape index (κ3) is 1.65. The second-order valence-electron chi connectivity index (χ2n) is 3.56. The van der Waals surface area contributed by atoms with Gasteiger partial charge in [-0.25, -0.2) is 18.3 Å². The molecule has 5 heteroatoms. The van der Waals surface area contributed by atoms with Crippen LogP contribution in [0.15, 0.2) is 42.6 Å². The van der Waals surface area contributed by atoms with Crippen LogP contribution in [0.3, 0.4) is 0 Å². The summed E-state index contributed by atoms with van der Waals surface area (Å²) in [5, 5.41) is 4.12. The molecular formula is C12H7F2N3. The summed E-state index contributed by atoms with van der Waals surface area (Å²) in [5.74, 6) is -1.04. The average molecular weight is 231 g/mol. The number of pyridine rings is 1. The Morgan fingerprint density at radius 3 is 2.71 bits per heavy atom. The third-order valence-electron chi connectivity index (χ3n) is 2.41. The highest BCUT2D eigenvalue weighted by Gasteiger charge is 2.11. The molecule has 0 unspecified atom stereocenters. The van der Waals surface area contributed by atoms with Crippen molar-refractivity contribution in [1.29, 1.82) is 0 Å². The fourth-order valence-electron chi connectivity index (χ4n) is 1.62. The molecule has 0 aliphatic rings. The molecule has 2 heterocycles. The van der Waals surface area contributed by atoms with Crippen molar-refractivity contribution in [2.24, 2.45) is 0 Å². The van der Waals surface area contributed by atoms with Gasteiger partial charge in [-0.15, -0.1) is 5.10 Å². The van der Waals surface area contributed by atoms with Gasteiger partial charge in [0.1, 0.15) is 11.6 Å². The predicted molar refractivity (Wildman–Crippen MR) is 58.3 cm³/mol. The van der Waals surface area contributed by atoms with Crippen molar-refractivity contribution < 1.29 is 8.78 Å². The Hall–Kier alpha value is -2.30. The van der Waals surface area contributed by atoms with Crippen molar-refractivity contribution in [3.8, 4) is 11.4 Å². The smallest absolute Gasteiger partial charge is 0.185 e. The number of halogens is 2. The summed E-state index contributed by atoms with van der Waals surface area (Å²) >= 11 is 0. The molecule has 0 amide bonds. The van der Waals surface area contributed by atoms with Crippen molar-refractivity contribution in [1.82, 2.24) is 14.6 Å². The number of aromatic nitrogens is 3. The predicted octanol–water partition coefficient (Wildman–Crippen LogP) is 2.67. The molecule has 0 N–H and O–H groups in total. The van der Waals surface area contributed by atoms with Gasteiger partial charge in [-0.2, -0.15) is 0 Å². The first-order chi connectivity index (χ1) is 8.24. The van der Waals surface area contributed by atoms with E-state index in [2.05, 4.69) is 10.1 Å². The number of rotatable bonds is 1. The van der Waals surface area contributed by atoms with Crippen molar-refractivity contribution in [3.05, 3.63) is 54.2 Å². The van der Waals surface area contributed by atoms with E-state index in [1.165, 1.54) is 16.6 Å². The Labute approximate surface area is 95.3 Å². The first-order valence-electron chi connectivity index (χ1n) is 5.01. The van der Waals surface area contributed by atoms with Gasteiger partial charge < -0.3 is 0 Å². The zero-order chi connectivity index (χ0) is 11.8. The summed E-state index contributed by atoms with van der Waals surface area (Å²) in [6.07, 6.45) is 1.72. The third-order valence-corrected chi connectivity index (χ3v) is 2.41. The summed E-state index contributed by atoms with van der Waals surface area (Å²) in [6, 6.07) is 8.71. The highest BCUT2D eigenvalue weighted by molar-refractivity contribution is 5.58. The van der Waals surface area contributed by atoms with Crippen LogP contribution < -0.4 is 0 Å². The van der Waals surface area contributed by atoms with Crippen LogP contribution in [0.1, 0.15) is 0 Å². The van der Waals surface area contributed by atoms with Crippen LogP contribution in [0.2, 0.25) is 0 Å². The highest BCUT2D eigenvalue weighted by Crippen LogP contribution is 2.20. The molecule has 0 fully saturated rings. The Morgan fingerprint density at radius 2 is 1.94 bits per heavy atom. The van der Waals surface area contributed by atoms with Crippen LogP contribution in [-0.2, 0) is 0 Å². The van der Waals surface area contributed by atoms with Gasteiger partial charge in [-0.05, 0) is 24.3 Å². The van der Waals surface area contributed by atoms with Gasteiger partial charge in [-0.3, -0.25) is 0 Å². The van der Waals surface area contributed by atoms with Gasteiger partial charge >= 0.3 is 0 Å². The largest absolute Gasteiger partial charge is 0.221 e. The van der Waals surface area contributed by atoms with Crippen molar-refractivity contribution in [2.75, 3.05) is 0 Å². The lowest BCUT2D eigenvalue weighted by Gasteiger charge is -1.96. The Kier molecular flexibility index (Phi) is 2.11. The monoisotopic (exact) mass is 231 g/mol. The van der Waals surface area contributed by atoms with E-state index in [4.69, 9.17) is 0 Å². The van der Waals surface area contributed by atoms with E-state index < -0.39 is 11.6 Å². The second kappa shape index (κ2) is 3.62. The van der Waals surface area contributed by atoms with Crippen molar-refractivity contribution in [2.45, 2.75) is 0 Å². The maximum atomic E-state index is 13.5. The van der Waals surface area contributed by atoms with E-state index in [1.807, 2.05) is 6.07 Å². The van der Waals surface area contributed by atoms with E-state index in [9.17, 15) is 8.78 Å². The van der Waals surface area contributed by atoms with Gasteiger partial charge in [-0.1, -0.05) is 6.07 Å². The zero-order valence-corrected chi connectivity index (χ0v) is 8.64. The molecule has 0 spiro atoms. The van der Waals surface area contributed by atoms with Crippen LogP contribution in [0.5, 0.6) is 0 Å². The maximum Gasteiger partial charge on any atom is 0.185 e. The van der Waals surface area contributed by atoms with E-state index >= 15 is 0 Å². The number of benzene rings is 1. The zero-order valence-electron chi connectivity index (χ0n) is 8.64. The van der Waals surface area contributed by atoms with Crippen LogP contribution >= 0.6 is 0 Å². The van der Waals surface area contributed by atoms with Gasteiger partial charge in [0.15, 0.2) is 11.5 Å². The lowest BCUT2D eigenvalue weighted by atomic mass is 10.2. The highest BCUT2D eigenvalue weighted by atomic mass is 19.1. The molecule has 0 bridgehead atoms. The minimum atomic E-state index is -0.666. The summed E-state index contributed by atoms with van der Waals surface area (Å²) < 4.78 is 27.9. The Morgan fingerprint density at radius 1 is 1.06 bits per heavy atom. The second-order valence-corrected chi connectivity index (χ2v) is 3.56. The molecule has 0 saturated carbocycles. The summed E-state index contributed by atoms with van der Waals surface area (Å²) in [5.41, 5.74) is 0.807. The van der Waals surface area contributed by atoms with Crippen molar-refractivity contribution in [3.63, 3.8) is 0 Å². The topological polar surface area (TPSA) is 30.2 Å². The number of hydrogen-bond acceptors (Lipinski definition) is 2. The lowest BCUT2D eigenvalue weighted by Crippen LogP contribution is -1.89. The molecule has 0 aliphatic heterocycles. The van der Waals surface area contributed by atoms with E-state index in [-0.39, 0.29) is 11.4 Å². The van der Waals surface area contributed by atoms with Crippen LogP contribution in [0.25, 0.3) is 17.0 Å². The molecule has 17 heavy (non-hydrogen) atoms. The summed E-state index contributed by atoms with van der Waals surface area (Å²) in [7, 11) is 0. The van der Waals surface area contributed by atoms with Gasteiger partial charge in [0.05, 0.1) is 5.56 Å². The molecular weight excluding hydrogens is 224 g/mol. The molecule has 0 aliphatic carbocycles. The normalized spacial score (nSPS) is 10.9. The minimum absolute atomic E-state index is 0.190. The quantitative estimate of drug-likeness (QED) is 0.644. The molecule has 3 aromatic rings. The van der Waals surface area contributed by atoms with Gasteiger partial charge in [0, 0.05) is 12.3 Å². The molecule has 2 aromatic heterocycles. The Bertz CT molecular complexity index is 658. The number of fused-ring (bicyclic) bond motifs is 1. The standard InChI is InChI=1S/C12H7F2N3/c13-8-4-5-9(10(14)7-8)12-15-11-3-1-2-6-17(11)16-12/h1-7H. The van der Waals surface area contributed by atoms with E-state index in [0.717, 1.165) is 6.07 Å². The lowest BCUT2D eigenvalue weighted by molar-refractivity contribution is 0.585. The van der Waals surface area contributed by atoms with E-state index in [1.54, 1.807) is 18.3 Å². The minimum Gasteiger partial charge on any atom is -0.221 e. The molecule has 0 radical (unpaired) electrons. The van der Waals surface area contributed by atoms with Crippen LogP contribution in [0.4, 0.5) is 8.78 Å². The maximum absolute atomic E-state index is 13.5. The first kappa shape index (κ1) is 9.89. The van der Waals surface area contributed by atoms with Crippen molar-refractivity contribution >= 4 is 5.65 Å². The fourth-order valence-corrected chi connectivity index (χ4v) is 1.62. The fraction of sp³-hybridized carbons (Fsp3) is 0. The van der Waals surface area contributed by atoms with Crippen LogP contribution in [0, 0.1) is 11.6 Å². The summed E-state index contributed by atoms with van der Waals surface area (Å²) in [6.45, 7) is 0. The summed E-state index contributed by atoms with van der Waals surface area (Å²) in [4.78, 5) is 4.16. The first-order valence-corrected chi connectivity index (χ1v) is 5.01. The molecule has 0 saturated heterocycles. The van der Waals surface area contributed by atoms with E-state index in [0.29, 0.717) is 5.65 Å². The molecule has 0 atom stereocenters.